The molecule has 0 aliphatic rings. The quantitative estimate of drug-likeness (QED) is 0.570. The van der Waals surface area contributed by atoms with Crippen molar-refractivity contribution in [2.75, 3.05) is 14.2 Å². The molecule has 0 aliphatic heterocycles. The van der Waals surface area contributed by atoms with Gasteiger partial charge in [0.2, 0.25) is 4.77 Å². The first kappa shape index (κ1) is 15.9. The molecule has 0 saturated heterocycles. The highest BCUT2D eigenvalue weighted by atomic mass is 32.1. The highest BCUT2D eigenvalue weighted by Crippen LogP contribution is 2.23. The monoisotopic (exact) mass is 340 g/mol. The number of ether oxygens (including phenoxy) is 2. The lowest BCUT2D eigenvalue weighted by atomic mass is 10.2. The molecular weight excluding hydrogens is 324 g/mol. The number of nitrogens with one attached hydrogen (secondary N) is 1. The van der Waals surface area contributed by atoms with Crippen molar-refractivity contribution in [1.82, 2.24) is 14.9 Å². The van der Waals surface area contributed by atoms with Crippen LogP contribution in [0.3, 0.4) is 0 Å². The number of methoxy groups -OCH3 is 2. The average molecular weight is 340 g/mol. The second kappa shape index (κ2) is 7.10. The van der Waals surface area contributed by atoms with Crippen LogP contribution in [-0.2, 0) is 0 Å². The Bertz CT molecular complexity index is 916. The van der Waals surface area contributed by atoms with Gasteiger partial charge in [0.05, 0.1) is 20.4 Å². The zero-order chi connectivity index (χ0) is 16.9. The van der Waals surface area contributed by atoms with Gasteiger partial charge >= 0.3 is 0 Å². The van der Waals surface area contributed by atoms with Crippen molar-refractivity contribution in [3.63, 3.8) is 0 Å². The molecule has 1 heterocycles. The lowest BCUT2D eigenvalue weighted by Crippen LogP contribution is -1.97. The van der Waals surface area contributed by atoms with Crippen LogP contribution in [0.2, 0.25) is 0 Å². The first-order valence-corrected chi connectivity index (χ1v) is 7.63. The van der Waals surface area contributed by atoms with Crippen molar-refractivity contribution in [2.45, 2.75) is 0 Å². The Labute approximate surface area is 144 Å². The molecule has 0 aliphatic carbocycles. The molecule has 3 rings (SSSR count). The van der Waals surface area contributed by atoms with Crippen LogP contribution in [0.5, 0.6) is 11.5 Å². The Hall–Kier alpha value is -2.93. The minimum Gasteiger partial charge on any atom is -0.497 e. The molecule has 122 valence electrons. The Kier molecular flexibility index (Phi) is 4.72. The molecule has 0 spiro atoms. The van der Waals surface area contributed by atoms with Gasteiger partial charge in [-0.15, -0.1) is 0 Å². The van der Waals surface area contributed by atoms with Crippen LogP contribution in [0.4, 0.5) is 0 Å². The van der Waals surface area contributed by atoms with Gasteiger partial charge in [0.25, 0.3) is 0 Å². The van der Waals surface area contributed by atoms with Crippen LogP contribution in [0.1, 0.15) is 5.56 Å². The molecule has 6 nitrogen and oxygen atoms in total. The summed E-state index contributed by atoms with van der Waals surface area (Å²) in [6, 6.07) is 15.2. The highest BCUT2D eigenvalue weighted by molar-refractivity contribution is 7.71. The summed E-state index contributed by atoms with van der Waals surface area (Å²) in [5.41, 5.74) is 1.73. The van der Waals surface area contributed by atoms with Gasteiger partial charge in [0, 0.05) is 17.2 Å². The summed E-state index contributed by atoms with van der Waals surface area (Å²) in [5, 5.41) is 11.5. The van der Waals surface area contributed by atoms with Crippen LogP contribution < -0.4 is 9.47 Å². The standard InChI is InChI=1S/C17H16N4O2S/c1-22-14-9-8-13(15(10-14)23-2)11-18-21-16(19-20-17(21)24)12-6-4-3-5-7-12/h3-11H,1-2H3,(H,20,24). The van der Waals surface area contributed by atoms with E-state index in [4.69, 9.17) is 21.7 Å². The minimum atomic E-state index is 0.414. The normalized spacial score (nSPS) is 10.9. The lowest BCUT2D eigenvalue weighted by molar-refractivity contribution is 0.394. The fourth-order valence-corrected chi connectivity index (χ4v) is 2.40. The van der Waals surface area contributed by atoms with Crippen LogP contribution in [0.15, 0.2) is 53.6 Å². The molecule has 24 heavy (non-hydrogen) atoms. The van der Waals surface area contributed by atoms with Gasteiger partial charge in [-0.3, -0.25) is 0 Å². The summed E-state index contributed by atoms with van der Waals surface area (Å²) in [4.78, 5) is 0. The van der Waals surface area contributed by atoms with E-state index < -0.39 is 0 Å². The molecule has 0 saturated carbocycles. The third-order valence-electron chi connectivity index (χ3n) is 3.44. The molecule has 0 fully saturated rings. The summed E-state index contributed by atoms with van der Waals surface area (Å²) in [5.74, 6) is 2.02. The molecule has 1 N–H and O–H groups in total. The number of hydrogen-bond acceptors (Lipinski definition) is 5. The third-order valence-corrected chi connectivity index (χ3v) is 3.70. The Morgan fingerprint density at radius 1 is 1.12 bits per heavy atom. The number of benzene rings is 2. The molecule has 2 aromatic carbocycles. The predicted molar refractivity (Wildman–Crippen MR) is 95.4 cm³/mol. The number of H-pyrrole nitrogens is 1. The van der Waals surface area contributed by atoms with Crippen LogP contribution in [-0.4, -0.2) is 35.3 Å². The average Bonchev–Trinajstić information content (AvgIpc) is 3.01. The molecule has 7 heteroatoms. The molecule has 0 atom stereocenters. The SMILES string of the molecule is COc1ccc(C=Nn2c(-c3ccccc3)n[nH]c2=S)c(OC)c1. The van der Waals surface area contributed by atoms with Crippen LogP contribution >= 0.6 is 12.2 Å². The first-order valence-electron chi connectivity index (χ1n) is 7.22. The summed E-state index contributed by atoms with van der Waals surface area (Å²) in [7, 11) is 3.21. The molecule has 0 amide bonds. The Morgan fingerprint density at radius 2 is 1.92 bits per heavy atom. The van der Waals surface area contributed by atoms with Gasteiger partial charge in [0.15, 0.2) is 5.82 Å². The van der Waals surface area contributed by atoms with Crippen LogP contribution in [0.25, 0.3) is 11.4 Å². The van der Waals surface area contributed by atoms with E-state index >= 15 is 0 Å². The molecule has 0 unspecified atom stereocenters. The van der Waals surface area contributed by atoms with Crippen molar-refractivity contribution < 1.29 is 9.47 Å². The van der Waals surface area contributed by atoms with Gasteiger partial charge in [-0.25, -0.2) is 5.10 Å². The van der Waals surface area contributed by atoms with Gasteiger partial charge in [-0.05, 0) is 24.4 Å². The van der Waals surface area contributed by atoms with Gasteiger partial charge in [-0.1, -0.05) is 30.3 Å². The lowest BCUT2D eigenvalue weighted by Gasteiger charge is -2.07. The molecule has 3 aromatic rings. The maximum atomic E-state index is 5.37. The molecule has 0 radical (unpaired) electrons. The second-order valence-electron chi connectivity index (χ2n) is 4.88. The summed E-state index contributed by atoms with van der Waals surface area (Å²) < 4.78 is 12.6. The van der Waals surface area contributed by atoms with Crippen molar-refractivity contribution in [2.24, 2.45) is 5.10 Å². The summed E-state index contributed by atoms with van der Waals surface area (Å²) in [6.45, 7) is 0. The van der Waals surface area contributed by atoms with Crippen molar-refractivity contribution in [3.05, 3.63) is 58.9 Å². The van der Waals surface area contributed by atoms with Crippen LogP contribution in [0, 0.1) is 4.77 Å². The zero-order valence-electron chi connectivity index (χ0n) is 13.3. The molecule has 0 bridgehead atoms. The largest absolute Gasteiger partial charge is 0.497 e. The van der Waals surface area contributed by atoms with Gasteiger partial charge in [-0.2, -0.15) is 14.9 Å². The number of aromatic amines is 1. The maximum Gasteiger partial charge on any atom is 0.216 e. The smallest absolute Gasteiger partial charge is 0.216 e. The molecule has 1 aromatic heterocycles. The van der Waals surface area contributed by atoms with E-state index in [1.165, 1.54) is 0 Å². The van der Waals surface area contributed by atoms with Gasteiger partial charge in [0.1, 0.15) is 11.5 Å². The molecular formula is C17H16N4O2S. The van der Waals surface area contributed by atoms with Crippen molar-refractivity contribution in [1.29, 1.82) is 0 Å². The van der Waals surface area contributed by atoms with E-state index in [0.717, 1.165) is 11.1 Å². The van der Waals surface area contributed by atoms with Gasteiger partial charge < -0.3 is 9.47 Å². The van der Waals surface area contributed by atoms with E-state index in [2.05, 4.69) is 15.3 Å². The van der Waals surface area contributed by atoms with E-state index in [9.17, 15) is 0 Å². The van der Waals surface area contributed by atoms with E-state index in [-0.39, 0.29) is 0 Å². The fraction of sp³-hybridized carbons (Fsp3) is 0.118. The Balaban J connectivity index is 1.99. The van der Waals surface area contributed by atoms with E-state index in [0.29, 0.717) is 22.1 Å². The third kappa shape index (κ3) is 3.21. The number of hydrogen-bond donors (Lipinski definition) is 1. The topological polar surface area (TPSA) is 64.4 Å². The fourth-order valence-electron chi connectivity index (χ4n) is 2.22. The first-order chi connectivity index (χ1) is 11.7. The predicted octanol–water partition coefficient (Wildman–Crippen LogP) is 3.51. The number of rotatable bonds is 5. The number of aromatic nitrogens is 3. The van der Waals surface area contributed by atoms with Crippen molar-refractivity contribution in [3.8, 4) is 22.9 Å². The van der Waals surface area contributed by atoms with Crippen molar-refractivity contribution >= 4 is 18.4 Å². The highest BCUT2D eigenvalue weighted by Gasteiger charge is 2.08. The van der Waals surface area contributed by atoms with E-state index in [1.807, 2.05) is 42.5 Å². The zero-order valence-corrected chi connectivity index (χ0v) is 14.1. The second-order valence-corrected chi connectivity index (χ2v) is 5.27. The summed E-state index contributed by atoms with van der Waals surface area (Å²) >= 11 is 5.27. The minimum absolute atomic E-state index is 0.414. The number of nitrogens with zero attached hydrogens (tertiary/aromatic N) is 3. The maximum absolute atomic E-state index is 5.37. The Morgan fingerprint density at radius 3 is 2.62 bits per heavy atom. The van der Waals surface area contributed by atoms with E-state index in [1.54, 1.807) is 31.2 Å². The summed E-state index contributed by atoms with van der Waals surface area (Å²) in [6.07, 6.45) is 1.68.